The van der Waals surface area contributed by atoms with E-state index in [1.54, 1.807) is 0 Å². The van der Waals surface area contributed by atoms with Gasteiger partial charge in [0.15, 0.2) is 0 Å². The predicted octanol–water partition coefficient (Wildman–Crippen LogP) is 3.28. The smallest absolute Gasteiger partial charge is 0.107 e. The van der Waals surface area contributed by atoms with E-state index in [2.05, 4.69) is 16.6 Å². The van der Waals surface area contributed by atoms with Gasteiger partial charge < -0.3 is 11.1 Å². The van der Waals surface area contributed by atoms with E-state index in [9.17, 15) is 0 Å². The van der Waals surface area contributed by atoms with Crippen molar-refractivity contribution in [1.82, 2.24) is 4.98 Å². The molecule has 19 heavy (non-hydrogen) atoms. The molecule has 0 fully saturated rings. The van der Waals surface area contributed by atoms with Gasteiger partial charge in [0.25, 0.3) is 0 Å². The molecule has 0 aliphatic heterocycles. The van der Waals surface area contributed by atoms with Gasteiger partial charge in [-0.2, -0.15) is 11.8 Å². The zero-order valence-electron chi connectivity index (χ0n) is 12.0. The summed E-state index contributed by atoms with van der Waals surface area (Å²) < 4.78 is 0. The molecule has 1 aromatic heterocycles. The Morgan fingerprint density at radius 2 is 2.11 bits per heavy atom. The molecule has 0 saturated heterocycles. The van der Waals surface area contributed by atoms with Crippen molar-refractivity contribution in [2.24, 2.45) is 5.73 Å². The summed E-state index contributed by atoms with van der Waals surface area (Å²) in [7, 11) is 0. The molecule has 3 N–H and O–H groups in total. The molecule has 0 spiro atoms. The summed E-state index contributed by atoms with van der Waals surface area (Å²) in [5.74, 6) is 1.24. The minimum atomic E-state index is 0.412. The number of nitrogens with two attached hydrogens (primary N) is 1. The summed E-state index contributed by atoms with van der Waals surface area (Å²) in [6.45, 7) is 4.89. The van der Waals surface area contributed by atoms with Crippen LogP contribution in [0.1, 0.15) is 36.2 Å². The second kappa shape index (κ2) is 8.38. The Balaban J connectivity index is 2.59. The Labute approximate surface area is 125 Å². The van der Waals surface area contributed by atoms with E-state index < -0.39 is 0 Å². The number of unbranched alkanes of at least 4 members (excludes halogenated alkanes) is 2. The molecule has 1 aromatic rings. The van der Waals surface area contributed by atoms with E-state index >= 15 is 0 Å². The van der Waals surface area contributed by atoms with E-state index in [0.29, 0.717) is 4.99 Å². The number of aromatic nitrogens is 1. The lowest BCUT2D eigenvalue weighted by Gasteiger charge is -2.14. The Kier molecular flexibility index (Phi) is 7.16. The van der Waals surface area contributed by atoms with Gasteiger partial charge in [0.1, 0.15) is 4.99 Å². The zero-order chi connectivity index (χ0) is 14.3. The Bertz CT molecular complexity index is 433. The van der Waals surface area contributed by atoms with E-state index in [1.165, 1.54) is 18.6 Å². The summed E-state index contributed by atoms with van der Waals surface area (Å²) in [4.78, 5) is 4.83. The van der Waals surface area contributed by atoms with Crippen molar-refractivity contribution in [3.63, 3.8) is 0 Å². The quantitative estimate of drug-likeness (QED) is 0.570. The van der Waals surface area contributed by atoms with E-state index in [1.807, 2.05) is 31.7 Å². The lowest BCUT2D eigenvalue weighted by Crippen LogP contribution is -2.17. The van der Waals surface area contributed by atoms with Gasteiger partial charge in [-0.3, -0.25) is 4.98 Å². The third kappa shape index (κ3) is 5.37. The Morgan fingerprint density at radius 1 is 1.37 bits per heavy atom. The van der Waals surface area contributed by atoms with Gasteiger partial charge in [0, 0.05) is 23.6 Å². The van der Waals surface area contributed by atoms with Crippen LogP contribution in [0.2, 0.25) is 0 Å². The van der Waals surface area contributed by atoms with Crippen LogP contribution in [-0.2, 0) is 0 Å². The largest absolute Gasteiger partial charge is 0.389 e. The molecule has 0 aliphatic carbocycles. The molecule has 1 rings (SSSR count). The fraction of sp³-hybridized carbons (Fsp3) is 0.571. The molecule has 0 saturated carbocycles. The van der Waals surface area contributed by atoms with Crippen LogP contribution in [0.4, 0.5) is 5.69 Å². The van der Waals surface area contributed by atoms with Gasteiger partial charge in [-0.25, -0.2) is 0 Å². The van der Waals surface area contributed by atoms with Crippen LogP contribution in [-0.4, -0.2) is 28.5 Å². The van der Waals surface area contributed by atoms with E-state index in [4.69, 9.17) is 18.0 Å². The lowest BCUT2D eigenvalue weighted by molar-refractivity contribution is 0.749. The van der Waals surface area contributed by atoms with E-state index in [0.717, 1.165) is 35.6 Å². The van der Waals surface area contributed by atoms with Gasteiger partial charge in [0.05, 0.1) is 5.56 Å². The summed E-state index contributed by atoms with van der Waals surface area (Å²) >= 11 is 7.02. The maximum Gasteiger partial charge on any atom is 0.107 e. The highest BCUT2D eigenvalue weighted by Crippen LogP contribution is 2.19. The fourth-order valence-corrected chi connectivity index (χ4v) is 2.80. The number of thiocarbonyl (C=S) groups is 1. The Morgan fingerprint density at radius 3 is 2.74 bits per heavy atom. The number of rotatable bonds is 8. The van der Waals surface area contributed by atoms with Crippen molar-refractivity contribution in [2.75, 3.05) is 23.9 Å². The molecule has 1 heterocycles. The molecule has 106 valence electrons. The van der Waals surface area contributed by atoms with Gasteiger partial charge in [-0.1, -0.05) is 18.6 Å². The van der Waals surface area contributed by atoms with Crippen molar-refractivity contribution in [3.05, 3.63) is 23.0 Å². The SMILES string of the molecule is CSCCCCCNc1cc(C)nc(C)c1C(N)=S. The summed E-state index contributed by atoms with van der Waals surface area (Å²) in [6, 6.07) is 2.02. The maximum atomic E-state index is 5.78. The number of nitrogens with one attached hydrogen (secondary N) is 1. The molecule has 0 radical (unpaired) electrons. The van der Waals surface area contributed by atoms with Crippen molar-refractivity contribution in [2.45, 2.75) is 33.1 Å². The van der Waals surface area contributed by atoms with E-state index in [-0.39, 0.29) is 0 Å². The van der Waals surface area contributed by atoms with Crippen molar-refractivity contribution < 1.29 is 0 Å². The molecule has 0 unspecified atom stereocenters. The normalized spacial score (nSPS) is 10.5. The minimum absolute atomic E-state index is 0.412. The number of thioether (sulfide) groups is 1. The summed E-state index contributed by atoms with van der Waals surface area (Å²) in [5, 5.41) is 3.44. The first-order chi connectivity index (χ1) is 9.06. The van der Waals surface area contributed by atoms with Crippen LogP contribution in [0.15, 0.2) is 6.07 Å². The van der Waals surface area contributed by atoms with Crippen molar-refractivity contribution in [1.29, 1.82) is 0 Å². The van der Waals surface area contributed by atoms with Crippen LogP contribution in [0.5, 0.6) is 0 Å². The van der Waals surface area contributed by atoms with Crippen molar-refractivity contribution >= 4 is 34.7 Å². The minimum Gasteiger partial charge on any atom is -0.389 e. The second-order valence-electron chi connectivity index (χ2n) is 4.62. The van der Waals surface area contributed by atoms with Crippen LogP contribution in [0.25, 0.3) is 0 Å². The first-order valence-corrected chi connectivity index (χ1v) is 8.37. The third-order valence-electron chi connectivity index (χ3n) is 2.92. The zero-order valence-corrected chi connectivity index (χ0v) is 13.6. The van der Waals surface area contributed by atoms with Crippen LogP contribution >= 0.6 is 24.0 Å². The number of hydrogen-bond donors (Lipinski definition) is 2. The molecule has 5 heteroatoms. The standard InChI is InChI=1S/C14H23N3S2/c1-10-9-12(13(14(15)18)11(2)17-10)16-7-5-4-6-8-19-3/h9H,4-8H2,1-3H3,(H2,15,18)(H,16,17). The summed E-state index contributed by atoms with van der Waals surface area (Å²) in [6.07, 6.45) is 5.84. The summed E-state index contributed by atoms with van der Waals surface area (Å²) in [5.41, 5.74) is 9.57. The molecule has 3 nitrogen and oxygen atoms in total. The fourth-order valence-electron chi connectivity index (χ4n) is 2.05. The van der Waals surface area contributed by atoms with Gasteiger partial charge in [-0.15, -0.1) is 0 Å². The van der Waals surface area contributed by atoms with Crippen LogP contribution in [0, 0.1) is 13.8 Å². The molecule has 0 bridgehead atoms. The number of pyridine rings is 1. The average Bonchev–Trinajstić information content (AvgIpc) is 2.32. The Hall–Kier alpha value is -0.810. The second-order valence-corrected chi connectivity index (χ2v) is 6.04. The molecule has 0 aliphatic rings. The molecule has 0 amide bonds. The lowest BCUT2D eigenvalue weighted by atomic mass is 10.1. The number of aryl methyl sites for hydroxylation is 2. The predicted molar refractivity (Wildman–Crippen MR) is 90.3 cm³/mol. The first kappa shape index (κ1) is 16.2. The van der Waals surface area contributed by atoms with Crippen LogP contribution < -0.4 is 11.1 Å². The number of anilines is 1. The van der Waals surface area contributed by atoms with Crippen LogP contribution in [0.3, 0.4) is 0 Å². The molecular weight excluding hydrogens is 274 g/mol. The highest BCUT2D eigenvalue weighted by molar-refractivity contribution is 7.98. The highest BCUT2D eigenvalue weighted by Gasteiger charge is 2.10. The van der Waals surface area contributed by atoms with Gasteiger partial charge in [0.2, 0.25) is 0 Å². The third-order valence-corrected chi connectivity index (χ3v) is 3.82. The van der Waals surface area contributed by atoms with Gasteiger partial charge >= 0.3 is 0 Å². The number of hydrogen-bond acceptors (Lipinski definition) is 4. The number of nitrogens with zero attached hydrogens (tertiary/aromatic N) is 1. The average molecular weight is 297 g/mol. The van der Waals surface area contributed by atoms with Gasteiger partial charge in [-0.05, 0) is 44.8 Å². The highest BCUT2D eigenvalue weighted by atomic mass is 32.2. The first-order valence-electron chi connectivity index (χ1n) is 6.57. The van der Waals surface area contributed by atoms with Crippen molar-refractivity contribution in [3.8, 4) is 0 Å². The molecule has 0 atom stereocenters. The topological polar surface area (TPSA) is 50.9 Å². The molecular formula is C14H23N3S2. The molecule has 0 aromatic carbocycles. The monoisotopic (exact) mass is 297 g/mol. The maximum absolute atomic E-state index is 5.78.